The number of nitrogens with one attached hydrogen (secondary N) is 1. The molecule has 110 valence electrons. The standard InChI is InChI=1S/C18H21BrN2/c19-17-8-4-7-16(11-17)12-20-18-9-10-21(14-18)13-15-5-2-1-3-6-15/h1-8,11,18,20H,9-10,12-14H2. The molecule has 3 heteroatoms. The van der Waals surface area contributed by atoms with E-state index in [2.05, 4.69) is 80.7 Å². The van der Waals surface area contributed by atoms with Crippen molar-refractivity contribution in [3.63, 3.8) is 0 Å². The molecular weight excluding hydrogens is 324 g/mol. The summed E-state index contributed by atoms with van der Waals surface area (Å²) in [6.07, 6.45) is 1.24. The average Bonchev–Trinajstić information content (AvgIpc) is 2.94. The third kappa shape index (κ3) is 4.40. The smallest absolute Gasteiger partial charge is 0.0234 e. The fourth-order valence-corrected chi connectivity index (χ4v) is 3.34. The second-order valence-corrected chi connectivity index (χ2v) is 6.63. The van der Waals surface area contributed by atoms with E-state index in [4.69, 9.17) is 0 Å². The Morgan fingerprint density at radius 3 is 2.67 bits per heavy atom. The van der Waals surface area contributed by atoms with Gasteiger partial charge in [-0.2, -0.15) is 0 Å². The Hall–Kier alpha value is -1.16. The van der Waals surface area contributed by atoms with E-state index in [0.29, 0.717) is 6.04 Å². The van der Waals surface area contributed by atoms with E-state index in [9.17, 15) is 0 Å². The molecular formula is C18H21BrN2. The van der Waals surface area contributed by atoms with E-state index in [0.717, 1.165) is 24.1 Å². The third-order valence-corrected chi connectivity index (χ3v) is 4.50. The molecule has 1 atom stereocenters. The van der Waals surface area contributed by atoms with E-state index >= 15 is 0 Å². The van der Waals surface area contributed by atoms with Gasteiger partial charge in [-0.25, -0.2) is 0 Å². The van der Waals surface area contributed by atoms with Gasteiger partial charge >= 0.3 is 0 Å². The predicted octanol–water partition coefficient (Wildman–Crippen LogP) is 3.81. The lowest BCUT2D eigenvalue weighted by Crippen LogP contribution is -2.31. The zero-order chi connectivity index (χ0) is 14.5. The highest BCUT2D eigenvalue weighted by Gasteiger charge is 2.21. The van der Waals surface area contributed by atoms with Crippen molar-refractivity contribution in [3.8, 4) is 0 Å². The van der Waals surface area contributed by atoms with Crippen molar-refractivity contribution in [3.05, 3.63) is 70.2 Å². The predicted molar refractivity (Wildman–Crippen MR) is 91.1 cm³/mol. The van der Waals surface area contributed by atoms with Gasteiger partial charge in [0, 0.05) is 36.7 Å². The average molecular weight is 345 g/mol. The minimum absolute atomic E-state index is 0.604. The molecule has 2 aromatic carbocycles. The Bertz CT molecular complexity index is 570. The fraction of sp³-hybridized carbons (Fsp3) is 0.333. The molecule has 2 aromatic rings. The maximum atomic E-state index is 3.68. The lowest BCUT2D eigenvalue weighted by Gasteiger charge is -2.17. The summed E-state index contributed by atoms with van der Waals surface area (Å²) in [5.74, 6) is 0. The summed E-state index contributed by atoms with van der Waals surface area (Å²) in [6.45, 7) is 4.34. The van der Waals surface area contributed by atoms with Crippen LogP contribution in [0.15, 0.2) is 59.1 Å². The first kappa shape index (κ1) is 14.8. The van der Waals surface area contributed by atoms with Crippen LogP contribution in [0.3, 0.4) is 0 Å². The molecule has 0 bridgehead atoms. The zero-order valence-electron chi connectivity index (χ0n) is 12.1. The number of likely N-dealkylation sites (tertiary alicyclic amines) is 1. The van der Waals surface area contributed by atoms with Crippen LogP contribution in [0.1, 0.15) is 17.5 Å². The summed E-state index contributed by atoms with van der Waals surface area (Å²) in [4.78, 5) is 2.54. The monoisotopic (exact) mass is 344 g/mol. The molecule has 1 saturated heterocycles. The summed E-state index contributed by atoms with van der Waals surface area (Å²) in [5, 5.41) is 3.68. The van der Waals surface area contributed by atoms with Gasteiger partial charge in [0.2, 0.25) is 0 Å². The van der Waals surface area contributed by atoms with Crippen molar-refractivity contribution in [1.82, 2.24) is 10.2 Å². The number of hydrogen-bond donors (Lipinski definition) is 1. The Morgan fingerprint density at radius 2 is 1.86 bits per heavy atom. The Kier molecular flexibility index (Phi) is 5.07. The van der Waals surface area contributed by atoms with Gasteiger partial charge in [0.1, 0.15) is 0 Å². The second kappa shape index (κ2) is 7.21. The van der Waals surface area contributed by atoms with Crippen molar-refractivity contribution < 1.29 is 0 Å². The number of halogens is 1. The van der Waals surface area contributed by atoms with Crippen LogP contribution in [0.5, 0.6) is 0 Å². The van der Waals surface area contributed by atoms with Gasteiger partial charge in [-0.05, 0) is 29.7 Å². The zero-order valence-corrected chi connectivity index (χ0v) is 13.7. The maximum absolute atomic E-state index is 3.68. The van der Waals surface area contributed by atoms with Crippen LogP contribution in [0, 0.1) is 0 Å². The topological polar surface area (TPSA) is 15.3 Å². The first-order chi connectivity index (χ1) is 10.3. The van der Waals surface area contributed by atoms with Crippen molar-refractivity contribution in [2.24, 2.45) is 0 Å². The van der Waals surface area contributed by atoms with Crippen LogP contribution < -0.4 is 5.32 Å². The SMILES string of the molecule is Brc1cccc(CNC2CCN(Cc3ccccc3)C2)c1. The van der Waals surface area contributed by atoms with E-state index in [1.807, 2.05) is 0 Å². The highest BCUT2D eigenvalue weighted by atomic mass is 79.9. The highest BCUT2D eigenvalue weighted by molar-refractivity contribution is 9.10. The molecule has 2 nitrogen and oxygen atoms in total. The molecule has 0 aromatic heterocycles. The van der Waals surface area contributed by atoms with Gasteiger partial charge < -0.3 is 5.32 Å². The molecule has 0 spiro atoms. The van der Waals surface area contributed by atoms with Crippen LogP contribution in [-0.2, 0) is 13.1 Å². The van der Waals surface area contributed by atoms with Crippen LogP contribution in [0.25, 0.3) is 0 Å². The Labute approximate surface area is 135 Å². The largest absolute Gasteiger partial charge is 0.309 e. The normalized spacial score (nSPS) is 19.0. The Balaban J connectivity index is 1.46. The molecule has 1 heterocycles. The Morgan fingerprint density at radius 1 is 1.05 bits per heavy atom. The summed E-state index contributed by atoms with van der Waals surface area (Å²) < 4.78 is 1.15. The first-order valence-corrected chi connectivity index (χ1v) is 8.33. The van der Waals surface area contributed by atoms with Crippen LogP contribution >= 0.6 is 15.9 Å². The lowest BCUT2D eigenvalue weighted by molar-refractivity contribution is 0.320. The van der Waals surface area contributed by atoms with E-state index in [1.54, 1.807) is 0 Å². The molecule has 0 radical (unpaired) electrons. The molecule has 1 N–H and O–H groups in total. The molecule has 0 amide bonds. The minimum atomic E-state index is 0.604. The number of rotatable bonds is 5. The van der Waals surface area contributed by atoms with Crippen molar-refractivity contribution in [1.29, 1.82) is 0 Å². The van der Waals surface area contributed by atoms with Crippen molar-refractivity contribution in [2.45, 2.75) is 25.6 Å². The number of nitrogens with zero attached hydrogens (tertiary/aromatic N) is 1. The summed E-state index contributed by atoms with van der Waals surface area (Å²) in [5.41, 5.74) is 2.75. The third-order valence-electron chi connectivity index (χ3n) is 4.01. The van der Waals surface area contributed by atoms with Gasteiger partial charge in [-0.15, -0.1) is 0 Å². The van der Waals surface area contributed by atoms with Crippen LogP contribution in [0.4, 0.5) is 0 Å². The van der Waals surface area contributed by atoms with Crippen molar-refractivity contribution >= 4 is 15.9 Å². The van der Waals surface area contributed by atoms with Crippen molar-refractivity contribution in [2.75, 3.05) is 13.1 Å². The molecule has 21 heavy (non-hydrogen) atoms. The molecule has 1 aliphatic rings. The molecule has 0 saturated carbocycles. The quantitative estimate of drug-likeness (QED) is 0.886. The molecule has 1 aliphatic heterocycles. The van der Waals surface area contributed by atoms with Gasteiger partial charge in [0.05, 0.1) is 0 Å². The summed E-state index contributed by atoms with van der Waals surface area (Å²) in [6, 6.07) is 19.9. The summed E-state index contributed by atoms with van der Waals surface area (Å²) >= 11 is 3.53. The van der Waals surface area contributed by atoms with E-state index < -0.39 is 0 Å². The maximum Gasteiger partial charge on any atom is 0.0234 e. The molecule has 1 unspecified atom stereocenters. The van der Waals surface area contributed by atoms with Gasteiger partial charge in [-0.1, -0.05) is 58.4 Å². The van der Waals surface area contributed by atoms with Crippen LogP contribution in [0.2, 0.25) is 0 Å². The van der Waals surface area contributed by atoms with Gasteiger partial charge in [-0.3, -0.25) is 4.90 Å². The summed E-state index contributed by atoms with van der Waals surface area (Å²) in [7, 11) is 0. The molecule has 0 aliphatic carbocycles. The fourth-order valence-electron chi connectivity index (χ4n) is 2.89. The minimum Gasteiger partial charge on any atom is -0.309 e. The molecule has 3 rings (SSSR count). The first-order valence-electron chi connectivity index (χ1n) is 7.54. The number of benzene rings is 2. The van der Waals surface area contributed by atoms with Crippen LogP contribution in [-0.4, -0.2) is 24.0 Å². The van der Waals surface area contributed by atoms with E-state index in [-0.39, 0.29) is 0 Å². The highest BCUT2D eigenvalue weighted by Crippen LogP contribution is 2.15. The van der Waals surface area contributed by atoms with Gasteiger partial charge in [0.25, 0.3) is 0 Å². The van der Waals surface area contributed by atoms with Gasteiger partial charge in [0.15, 0.2) is 0 Å². The number of hydrogen-bond acceptors (Lipinski definition) is 2. The van der Waals surface area contributed by atoms with E-state index in [1.165, 1.54) is 24.1 Å². The second-order valence-electron chi connectivity index (χ2n) is 5.72. The molecule has 1 fully saturated rings. The lowest BCUT2D eigenvalue weighted by atomic mass is 10.2.